The van der Waals surface area contributed by atoms with Crippen molar-refractivity contribution in [1.82, 2.24) is 29.9 Å². The lowest BCUT2D eigenvalue weighted by molar-refractivity contribution is 0.0940. The van der Waals surface area contributed by atoms with E-state index < -0.39 is 9.84 Å². The Morgan fingerprint density at radius 3 is 2.75 bits per heavy atom. The molecule has 1 saturated carbocycles. The van der Waals surface area contributed by atoms with Gasteiger partial charge in [-0.3, -0.25) is 14.6 Å². The first-order chi connectivity index (χ1) is 15.3. The van der Waals surface area contributed by atoms with Crippen LogP contribution in [0.25, 0.3) is 10.9 Å². The van der Waals surface area contributed by atoms with Crippen molar-refractivity contribution in [2.75, 3.05) is 0 Å². The van der Waals surface area contributed by atoms with Crippen LogP contribution in [0.15, 0.2) is 46.5 Å². The van der Waals surface area contributed by atoms with Crippen LogP contribution in [0.3, 0.4) is 0 Å². The summed E-state index contributed by atoms with van der Waals surface area (Å²) >= 11 is 6.13. The van der Waals surface area contributed by atoms with E-state index in [0.29, 0.717) is 27.5 Å². The topological polar surface area (TPSA) is 115 Å². The molecule has 0 spiro atoms. The molecule has 0 radical (unpaired) electrons. The lowest BCUT2D eigenvalue weighted by Gasteiger charge is -2.11. The highest BCUT2D eigenvalue weighted by Crippen LogP contribution is 2.40. The number of sulfone groups is 1. The molecule has 1 fully saturated rings. The summed E-state index contributed by atoms with van der Waals surface area (Å²) < 4.78 is 30.4. The van der Waals surface area contributed by atoms with Crippen LogP contribution in [-0.2, 0) is 23.4 Å². The van der Waals surface area contributed by atoms with E-state index in [4.69, 9.17) is 11.6 Å². The Balaban J connectivity index is 1.51. The molecule has 32 heavy (non-hydrogen) atoms. The molecule has 0 bridgehead atoms. The number of aromatic nitrogens is 5. The Bertz CT molecular complexity index is 1440. The summed E-state index contributed by atoms with van der Waals surface area (Å²) in [6.45, 7) is 1.93. The van der Waals surface area contributed by atoms with Gasteiger partial charge in [-0.05, 0) is 44.0 Å². The van der Waals surface area contributed by atoms with Gasteiger partial charge in [0.25, 0.3) is 5.91 Å². The zero-order chi connectivity index (χ0) is 22.6. The molecule has 0 aliphatic heterocycles. The van der Waals surface area contributed by atoms with Crippen molar-refractivity contribution >= 4 is 38.2 Å². The predicted octanol–water partition coefficient (Wildman–Crippen LogP) is 3.16. The number of hydrogen-bond acceptors (Lipinski definition) is 5. The van der Waals surface area contributed by atoms with Gasteiger partial charge in [-0.25, -0.2) is 8.42 Å². The van der Waals surface area contributed by atoms with E-state index in [0.717, 1.165) is 18.4 Å². The highest BCUT2D eigenvalue weighted by molar-refractivity contribution is 7.91. The molecular weight excluding hydrogens is 452 g/mol. The standard InChI is InChI=1S/C21H21ClN6O3S/c1-12-20(32(30,31)15-5-6-17-13(7-15)9-24-26-17)8-18(28(12)14-3-4-14)21(29)23-11-19-16(22)10-25-27(19)2/h5-10,14H,3-4,11H2,1-2H3,(H,23,29)(H,24,26). The Morgan fingerprint density at radius 2 is 2.06 bits per heavy atom. The molecule has 0 saturated heterocycles. The second-order valence-corrected chi connectivity index (χ2v) is 10.3. The molecule has 5 rings (SSSR count). The lowest BCUT2D eigenvalue weighted by Crippen LogP contribution is -2.26. The molecule has 0 unspecified atom stereocenters. The number of aromatic amines is 1. The van der Waals surface area contributed by atoms with Gasteiger partial charge in [0, 0.05) is 24.2 Å². The van der Waals surface area contributed by atoms with Crippen molar-refractivity contribution in [1.29, 1.82) is 0 Å². The number of rotatable bonds is 6. The zero-order valence-corrected chi connectivity index (χ0v) is 19.0. The fraction of sp³-hybridized carbons (Fsp3) is 0.286. The van der Waals surface area contributed by atoms with E-state index in [1.807, 2.05) is 4.57 Å². The fourth-order valence-corrected chi connectivity index (χ4v) is 5.72. The van der Waals surface area contributed by atoms with Gasteiger partial charge in [-0.15, -0.1) is 0 Å². The number of carbonyl (C=O) groups is 1. The van der Waals surface area contributed by atoms with Gasteiger partial charge in [-0.1, -0.05) is 11.6 Å². The molecule has 1 aromatic carbocycles. The molecule has 4 aromatic rings. The number of fused-ring (bicyclic) bond motifs is 1. The summed E-state index contributed by atoms with van der Waals surface area (Å²) in [6, 6.07) is 6.42. The summed E-state index contributed by atoms with van der Waals surface area (Å²) in [5, 5.41) is 14.8. The van der Waals surface area contributed by atoms with Gasteiger partial charge in [0.2, 0.25) is 9.84 Å². The largest absolute Gasteiger partial charge is 0.345 e. The quantitative estimate of drug-likeness (QED) is 0.447. The number of hydrogen-bond donors (Lipinski definition) is 2. The average Bonchev–Trinajstić information content (AvgIpc) is 3.23. The normalized spacial score (nSPS) is 14.2. The van der Waals surface area contributed by atoms with Crippen molar-refractivity contribution < 1.29 is 13.2 Å². The van der Waals surface area contributed by atoms with Crippen LogP contribution >= 0.6 is 11.6 Å². The predicted molar refractivity (Wildman–Crippen MR) is 118 cm³/mol. The van der Waals surface area contributed by atoms with Gasteiger partial charge < -0.3 is 9.88 Å². The Hall–Kier alpha value is -3.11. The summed E-state index contributed by atoms with van der Waals surface area (Å²) in [5.74, 6) is -0.357. The molecular formula is C21H21ClN6O3S. The molecule has 11 heteroatoms. The first kappa shape index (κ1) is 20.8. The molecule has 1 amide bonds. The van der Waals surface area contributed by atoms with Crippen LogP contribution in [0.1, 0.15) is 40.8 Å². The van der Waals surface area contributed by atoms with Crippen LogP contribution < -0.4 is 5.32 Å². The summed E-state index contributed by atoms with van der Waals surface area (Å²) in [5.41, 5.74) is 2.31. The highest BCUT2D eigenvalue weighted by Gasteiger charge is 2.34. The van der Waals surface area contributed by atoms with Crippen molar-refractivity contribution in [3.8, 4) is 0 Å². The lowest BCUT2D eigenvalue weighted by atomic mass is 10.3. The van der Waals surface area contributed by atoms with E-state index in [1.165, 1.54) is 12.3 Å². The van der Waals surface area contributed by atoms with Crippen LogP contribution in [0.4, 0.5) is 0 Å². The maximum atomic E-state index is 13.5. The molecule has 166 valence electrons. The smallest absolute Gasteiger partial charge is 0.268 e. The first-order valence-corrected chi connectivity index (χ1v) is 12.0. The Morgan fingerprint density at radius 1 is 1.28 bits per heavy atom. The van der Waals surface area contributed by atoms with E-state index in [-0.39, 0.29) is 28.3 Å². The number of aryl methyl sites for hydroxylation is 1. The van der Waals surface area contributed by atoms with Crippen LogP contribution in [-0.4, -0.2) is 38.9 Å². The number of H-pyrrole nitrogens is 1. The molecule has 2 N–H and O–H groups in total. The molecule has 3 heterocycles. The summed E-state index contributed by atoms with van der Waals surface area (Å²) in [7, 11) is -2.09. The maximum Gasteiger partial charge on any atom is 0.268 e. The number of nitrogens with one attached hydrogen (secondary N) is 2. The minimum Gasteiger partial charge on any atom is -0.345 e. The zero-order valence-electron chi connectivity index (χ0n) is 17.5. The third-order valence-electron chi connectivity index (χ3n) is 5.83. The number of amides is 1. The summed E-state index contributed by atoms with van der Waals surface area (Å²) in [4.78, 5) is 13.4. The Kier molecular flexibility index (Phi) is 4.86. The van der Waals surface area contributed by atoms with E-state index in [1.54, 1.807) is 43.0 Å². The van der Waals surface area contributed by atoms with Crippen molar-refractivity contribution in [2.24, 2.45) is 7.05 Å². The van der Waals surface area contributed by atoms with Gasteiger partial charge in [0.05, 0.1) is 45.0 Å². The molecule has 1 aliphatic carbocycles. The highest BCUT2D eigenvalue weighted by atomic mass is 35.5. The van der Waals surface area contributed by atoms with E-state index in [9.17, 15) is 13.2 Å². The SMILES string of the molecule is Cc1c(S(=O)(=O)c2ccc3[nH]ncc3c2)cc(C(=O)NCc2c(Cl)cnn2C)n1C1CC1. The fourth-order valence-electron chi connectivity index (χ4n) is 3.95. The number of nitrogens with zero attached hydrogens (tertiary/aromatic N) is 4. The number of halogens is 1. The van der Waals surface area contributed by atoms with Crippen LogP contribution in [0, 0.1) is 6.92 Å². The third-order valence-corrected chi connectivity index (χ3v) is 8.01. The van der Waals surface area contributed by atoms with Crippen molar-refractivity contribution in [3.63, 3.8) is 0 Å². The minimum absolute atomic E-state index is 0.122. The second-order valence-electron chi connectivity index (χ2n) is 7.95. The van der Waals surface area contributed by atoms with E-state index >= 15 is 0 Å². The monoisotopic (exact) mass is 472 g/mol. The Labute approximate surface area is 189 Å². The van der Waals surface area contributed by atoms with E-state index in [2.05, 4.69) is 20.6 Å². The average molecular weight is 473 g/mol. The molecule has 9 nitrogen and oxygen atoms in total. The van der Waals surface area contributed by atoms with Crippen LogP contribution in [0.5, 0.6) is 0 Å². The van der Waals surface area contributed by atoms with Gasteiger partial charge in [0.15, 0.2) is 0 Å². The number of benzene rings is 1. The first-order valence-electron chi connectivity index (χ1n) is 10.1. The molecule has 3 aromatic heterocycles. The molecule has 0 atom stereocenters. The van der Waals surface area contributed by atoms with Gasteiger partial charge in [0.1, 0.15) is 5.69 Å². The second kappa shape index (κ2) is 7.49. The van der Waals surface area contributed by atoms with Gasteiger partial charge in [-0.2, -0.15) is 10.2 Å². The molecule has 1 aliphatic rings. The third kappa shape index (κ3) is 3.39. The van der Waals surface area contributed by atoms with Crippen molar-refractivity contribution in [3.05, 3.63) is 58.8 Å². The minimum atomic E-state index is -3.83. The number of carbonyl (C=O) groups excluding carboxylic acids is 1. The summed E-state index contributed by atoms with van der Waals surface area (Å²) in [6.07, 6.45) is 4.91. The van der Waals surface area contributed by atoms with Crippen LogP contribution in [0.2, 0.25) is 5.02 Å². The maximum absolute atomic E-state index is 13.5. The van der Waals surface area contributed by atoms with Gasteiger partial charge >= 0.3 is 0 Å². The van der Waals surface area contributed by atoms with Crippen molar-refractivity contribution in [2.45, 2.75) is 42.1 Å².